The van der Waals surface area contributed by atoms with Gasteiger partial charge >= 0.3 is 0 Å². The predicted octanol–water partition coefficient (Wildman–Crippen LogP) is 1.35. The summed E-state index contributed by atoms with van der Waals surface area (Å²) >= 11 is 0. The molecule has 1 atom stereocenters. The smallest absolute Gasteiger partial charge is 0.235 e. The molecule has 0 aromatic heterocycles. The van der Waals surface area contributed by atoms with Crippen LogP contribution in [-0.4, -0.2) is 27.3 Å². The van der Waals surface area contributed by atoms with Crippen LogP contribution < -0.4 is 10.0 Å². The van der Waals surface area contributed by atoms with E-state index in [0.717, 1.165) is 23.2 Å². The number of nitrogens with zero attached hydrogens (tertiary/aromatic N) is 1. The zero-order valence-electron chi connectivity index (χ0n) is 11.9. The van der Waals surface area contributed by atoms with E-state index in [2.05, 4.69) is 11.8 Å². The Hall–Kier alpha value is -1.51. The Morgan fingerprint density at radius 3 is 2.75 bits per heavy atom. The molecule has 1 aliphatic heterocycles. The van der Waals surface area contributed by atoms with Crippen molar-refractivity contribution in [2.75, 3.05) is 23.1 Å². The quantitative estimate of drug-likeness (QED) is 0.837. The van der Waals surface area contributed by atoms with Crippen molar-refractivity contribution in [1.29, 1.82) is 0 Å². The van der Waals surface area contributed by atoms with Gasteiger partial charge in [-0.1, -0.05) is 25.7 Å². The third-order valence-electron chi connectivity index (χ3n) is 3.37. The predicted molar refractivity (Wildman–Crippen MR) is 82.0 cm³/mol. The molecule has 0 aliphatic carbocycles. The first-order valence-corrected chi connectivity index (χ1v) is 8.41. The maximum Gasteiger partial charge on any atom is 0.235 e. The van der Waals surface area contributed by atoms with Gasteiger partial charge in [0.05, 0.1) is 18.0 Å². The monoisotopic (exact) mass is 292 g/mol. The fraction of sp³-hybridized carbons (Fsp3) is 0.467. The van der Waals surface area contributed by atoms with Crippen molar-refractivity contribution in [1.82, 2.24) is 0 Å². The van der Waals surface area contributed by atoms with Gasteiger partial charge in [-0.05, 0) is 36.1 Å². The summed E-state index contributed by atoms with van der Waals surface area (Å²) in [5.41, 5.74) is 8.03. The van der Waals surface area contributed by atoms with Crippen molar-refractivity contribution in [3.8, 4) is 11.8 Å². The van der Waals surface area contributed by atoms with Gasteiger partial charge < -0.3 is 5.73 Å². The number of hydrogen-bond acceptors (Lipinski definition) is 3. The number of benzene rings is 1. The lowest BCUT2D eigenvalue weighted by Crippen LogP contribution is -2.26. The first kappa shape index (κ1) is 14.9. The molecule has 0 amide bonds. The van der Waals surface area contributed by atoms with Crippen LogP contribution in [0.1, 0.15) is 25.0 Å². The summed E-state index contributed by atoms with van der Waals surface area (Å²) in [5, 5.41) is 0. The Morgan fingerprint density at radius 1 is 1.45 bits per heavy atom. The molecule has 20 heavy (non-hydrogen) atoms. The second kappa shape index (κ2) is 5.86. The maximum absolute atomic E-state index is 12.2. The molecule has 1 heterocycles. The average molecular weight is 292 g/mol. The van der Waals surface area contributed by atoms with E-state index < -0.39 is 10.0 Å². The van der Waals surface area contributed by atoms with Gasteiger partial charge in [0, 0.05) is 12.1 Å². The molecule has 1 unspecified atom stereocenters. The summed E-state index contributed by atoms with van der Waals surface area (Å²) in [6, 6.07) is 5.67. The summed E-state index contributed by atoms with van der Waals surface area (Å²) in [6.07, 6.45) is 0.772. The maximum atomic E-state index is 12.2. The molecule has 1 saturated heterocycles. The molecule has 0 saturated carbocycles. The number of aryl methyl sites for hydroxylation is 1. The summed E-state index contributed by atoms with van der Waals surface area (Å²) in [7, 11) is -3.17. The van der Waals surface area contributed by atoms with Crippen LogP contribution in [0, 0.1) is 17.8 Å². The number of hydrogen-bond donors (Lipinski definition) is 1. The molecule has 1 fully saturated rings. The molecular formula is C15H20N2O2S. The van der Waals surface area contributed by atoms with Crippen molar-refractivity contribution < 1.29 is 8.42 Å². The average Bonchev–Trinajstić information content (AvgIpc) is 2.68. The molecule has 0 radical (unpaired) electrons. The standard InChI is InChI=1S/C15H20N2O2S/c1-3-14-9-13(5-4-8-16)6-7-15(14)17-10-12(2)11-20(17,18)19/h6-7,9,12H,3,8,10-11,16H2,1-2H3. The summed E-state index contributed by atoms with van der Waals surface area (Å²) in [5.74, 6) is 6.19. The lowest BCUT2D eigenvalue weighted by Gasteiger charge is -2.20. The Kier molecular flexibility index (Phi) is 4.36. The van der Waals surface area contributed by atoms with Gasteiger partial charge in [0.2, 0.25) is 10.0 Å². The van der Waals surface area contributed by atoms with Gasteiger partial charge in [0.15, 0.2) is 0 Å². The minimum absolute atomic E-state index is 0.168. The van der Waals surface area contributed by atoms with Crippen LogP contribution in [0.25, 0.3) is 0 Å². The highest BCUT2D eigenvalue weighted by atomic mass is 32.2. The fourth-order valence-electron chi connectivity index (χ4n) is 2.49. The van der Waals surface area contributed by atoms with E-state index in [1.807, 2.05) is 32.0 Å². The van der Waals surface area contributed by atoms with Crippen LogP contribution >= 0.6 is 0 Å². The largest absolute Gasteiger partial charge is 0.320 e. The second-order valence-corrected chi connectivity index (χ2v) is 7.06. The van der Waals surface area contributed by atoms with Gasteiger partial charge in [-0.25, -0.2) is 8.42 Å². The van der Waals surface area contributed by atoms with E-state index in [-0.39, 0.29) is 11.7 Å². The number of sulfonamides is 1. The van der Waals surface area contributed by atoms with E-state index in [1.165, 1.54) is 4.31 Å². The topological polar surface area (TPSA) is 63.4 Å². The lowest BCUT2D eigenvalue weighted by atomic mass is 10.1. The third kappa shape index (κ3) is 2.97. The summed E-state index contributed by atoms with van der Waals surface area (Å²) in [4.78, 5) is 0. The minimum Gasteiger partial charge on any atom is -0.320 e. The van der Waals surface area contributed by atoms with Gasteiger partial charge in [-0.3, -0.25) is 4.31 Å². The highest BCUT2D eigenvalue weighted by Gasteiger charge is 2.34. The third-order valence-corrected chi connectivity index (χ3v) is 5.38. The molecule has 0 bridgehead atoms. The van der Waals surface area contributed by atoms with E-state index in [0.29, 0.717) is 13.1 Å². The molecule has 4 nitrogen and oxygen atoms in total. The zero-order chi connectivity index (χ0) is 14.8. The molecule has 1 aromatic rings. The van der Waals surface area contributed by atoms with Crippen molar-refractivity contribution in [3.63, 3.8) is 0 Å². The molecule has 1 aromatic carbocycles. The highest BCUT2D eigenvalue weighted by molar-refractivity contribution is 7.93. The second-order valence-electron chi connectivity index (χ2n) is 5.12. The Balaban J connectivity index is 2.42. The van der Waals surface area contributed by atoms with Crippen molar-refractivity contribution in [3.05, 3.63) is 29.3 Å². The van der Waals surface area contributed by atoms with Crippen molar-refractivity contribution >= 4 is 15.7 Å². The van der Waals surface area contributed by atoms with Gasteiger partial charge in [0.1, 0.15) is 0 Å². The Labute approximate surface area is 121 Å². The number of nitrogens with two attached hydrogens (primary N) is 1. The van der Waals surface area contributed by atoms with Gasteiger partial charge in [0.25, 0.3) is 0 Å². The molecule has 2 N–H and O–H groups in total. The molecule has 1 aliphatic rings. The summed E-state index contributed by atoms with van der Waals surface area (Å²) < 4.78 is 25.9. The van der Waals surface area contributed by atoms with Crippen LogP contribution in [0.4, 0.5) is 5.69 Å². The molecular weight excluding hydrogens is 272 g/mol. The van der Waals surface area contributed by atoms with Gasteiger partial charge in [-0.2, -0.15) is 0 Å². The van der Waals surface area contributed by atoms with E-state index in [4.69, 9.17) is 5.73 Å². The minimum atomic E-state index is -3.17. The summed E-state index contributed by atoms with van der Waals surface area (Å²) in [6.45, 7) is 4.86. The highest BCUT2D eigenvalue weighted by Crippen LogP contribution is 2.30. The van der Waals surface area contributed by atoms with Gasteiger partial charge in [-0.15, -0.1) is 0 Å². The fourth-order valence-corrected chi connectivity index (χ4v) is 4.45. The van der Waals surface area contributed by atoms with E-state index in [9.17, 15) is 8.42 Å². The first-order chi connectivity index (χ1) is 9.47. The first-order valence-electron chi connectivity index (χ1n) is 6.80. The zero-order valence-corrected chi connectivity index (χ0v) is 12.7. The van der Waals surface area contributed by atoms with E-state index >= 15 is 0 Å². The normalized spacial score (nSPS) is 20.6. The van der Waals surface area contributed by atoms with Crippen LogP contribution in [0.15, 0.2) is 18.2 Å². The van der Waals surface area contributed by atoms with Crippen molar-refractivity contribution in [2.45, 2.75) is 20.3 Å². The molecule has 5 heteroatoms. The van der Waals surface area contributed by atoms with E-state index in [1.54, 1.807) is 0 Å². The lowest BCUT2D eigenvalue weighted by molar-refractivity contribution is 0.598. The Bertz CT molecular complexity index is 656. The SMILES string of the molecule is CCc1cc(C#CCN)ccc1N1CC(C)CS1(=O)=O. The van der Waals surface area contributed by atoms with Crippen LogP contribution in [-0.2, 0) is 16.4 Å². The molecule has 2 rings (SSSR count). The van der Waals surface area contributed by atoms with Crippen LogP contribution in [0.2, 0.25) is 0 Å². The van der Waals surface area contributed by atoms with Crippen LogP contribution in [0.3, 0.4) is 0 Å². The Morgan fingerprint density at radius 2 is 2.20 bits per heavy atom. The van der Waals surface area contributed by atoms with Crippen molar-refractivity contribution in [2.24, 2.45) is 11.7 Å². The molecule has 0 spiro atoms. The van der Waals surface area contributed by atoms with Crippen LogP contribution in [0.5, 0.6) is 0 Å². The number of anilines is 1. The number of rotatable bonds is 2. The molecule has 108 valence electrons.